The quantitative estimate of drug-likeness (QED) is 0.715. The van der Waals surface area contributed by atoms with Crippen LogP contribution in [0.25, 0.3) is 0 Å². The smallest absolute Gasteiger partial charge is 0.313 e. The van der Waals surface area contributed by atoms with E-state index in [-0.39, 0.29) is 17.6 Å². The number of aliphatic carboxylic acids is 1. The van der Waals surface area contributed by atoms with Gasteiger partial charge in [-0.15, -0.1) is 11.8 Å². The van der Waals surface area contributed by atoms with Gasteiger partial charge in [0.05, 0.1) is 18.8 Å². The van der Waals surface area contributed by atoms with E-state index < -0.39 is 5.97 Å². The van der Waals surface area contributed by atoms with Crippen LogP contribution in [0.2, 0.25) is 0 Å². The van der Waals surface area contributed by atoms with Crippen LogP contribution in [-0.2, 0) is 9.59 Å². The molecule has 0 saturated heterocycles. The van der Waals surface area contributed by atoms with E-state index in [1.165, 1.54) is 11.8 Å². The minimum absolute atomic E-state index is 0.0594. The van der Waals surface area contributed by atoms with Gasteiger partial charge in [-0.3, -0.25) is 9.59 Å². The molecule has 20 heavy (non-hydrogen) atoms. The predicted molar refractivity (Wildman–Crippen MR) is 79.4 cm³/mol. The van der Waals surface area contributed by atoms with Crippen molar-refractivity contribution in [2.45, 2.75) is 12.8 Å². The number of methoxy groups -OCH3 is 1. The van der Waals surface area contributed by atoms with Gasteiger partial charge in [0, 0.05) is 12.3 Å². The number of ether oxygens (including phenoxy) is 1. The van der Waals surface area contributed by atoms with Crippen molar-refractivity contribution in [3.05, 3.63) is 29.8 Å². The third-order valence-electron chi connectivity index (χ3n) is 2.78. The lowest BCUT2D eigenvalue weighted by Crippen LogP contribution is -2.30. The van der Waals surface area contributed by atoms with E-state index in [1.54, 1.807) is 7.11 Å². The standard InChI is InChI=1S/C14H19NO4S/c1-10(11-3-5-12(19-2)6-4-11)14(18)15-7-8-20-9-13(16)17/h3-6,10H,7-9H2,1-2H3,(H,15,18)(H,16,17). The highest BCUT2D eigenvalue weighted by Gasteiger charge is 2.14. The summed E-state index contributed by atoms with van der Waals surface area (Å²) in [7, 11) is 1.60. The van der Waals surface area contributed by atoms with Gasteiger partial charge in [0.2, 0.25) is 5.91 Å². The Labute approximate surface area is 122 Å². The molecular formula is C14H19NO4S. The SMILES string of the molecule is COc1ccc(C(C)C(=O)NCCSCC(=O)O)cc1. The van der Waals surface area contributed by atoms with Gasteiger partial charge in [0.25, 0.3) is 0 Å². The number of benzene rings is 1. The van der Waals surface area contributed by atoms with Gasteiger partial charge in [0.1, 0.15) is 5.75 Å². The van der Waals surface area contributed by atoms with Gasteiger partial charge >= 0.3 is 5.97 Å². The van der Waals surface area contributed by atoms with E-state index in [4.69, 9.17) is 9.84 Å². The molecule has 0 heterocycles. The van der Waals surface area contributed by atoms with Crippen LogP contribution in [0.5, 0.6) is 5.75 Å². The molecular weight excluding hydrogens is 278 g/mol. The first-order valence-electron chi connectivity index (χ1n) is 6.25. The molecule has 0 fully saturated rings. The van der Waals surface area contributed by atoms with Crippen molar-refractivity contribution in [2.24, 2.45) is 0 Å². The second-order valence-corrected chi connectivity index (χ2v) is 5.34. The van der Waals surface area contributed by atoms with Crippen molar-refractivity contribution in [3.63, 3.8) is 0 Å². The zero-order valence-corrected chi connectivity index (χ0v) is 12.4. The number of rotatable bonds is 8. The summed E-state index contributed by atoms with van der Waals surface area (Å²) < 4.78 is 5.07. The molecule has 1 rings (SSSR count). The zero-order valence-electron chi connectivity index (χ0n) is 11.6. The van der Waals surface area contributed by atoms with Crippen LogP contribution in [0.1, 0.15) is 18.4 Å². The maximum atomic E-state index is 11.9. The van der Waals surface area contributed by atoms with Crippen molar-refractivity contribution < 1.29 is 19.4 Å². The molecule has 5 nitrogen and oxygen atoms in total. The first kappa shape index (κ1) is 16.4. The molecule has 2 N–H and O–H groups in total. The van der Waals surface area contributed by atoms with E-state index in [0.717, 1.165) is 11.3 Å². The van der Waals surface area contributed by atoms with E-state index in [9.17, 15) is 9.59 Å². The van der Waals surface area contributed by atoms with E-state index >= 15 is 0 Å². The molecule has 0 aliphatic heterocycles. The van der Waals surface area contributed by atoms with Gasteiger partial charge in [0.15, 0.2) is 0 Å². The molecule has 0 aliphatic carbocycles. The second kappa shape index (κ2) is 8.47. The molecule has 0 aliphatic rings. The first-order valence-corrected chi connectivity index (χ1v) is 7.41. The van der Waals surface area contributed by atoms with Crippen LogP contribution in [0.3, 0.4) is 0 Å². The Hall–Kier alpha value is -1.69. The highest BCUT2D eigenvalue weighted by atomic mass is 32.2. The van der Waals surface area contributed by atoms with Crippen LogP contribution in [0.4, 0.5) is 0 Å². The summed E-state index contributed by atoms with van der Waals surface area (Å²) >= 11 is 1.29. The molecule has 1 amide bonds. The summed E-state index contributed by atoms with van der Waals surface area (Å²) in [5.41, 5.74) is 0.918. The van der Waals surface area contributed by atoms with Crippen LogP contribution in [-0.4, -0.2) is 42.1 Å². The summed E-state index contributed by atoms with van der Waals surface area (Å²) in [4.78, 5) is 22.3. The van der Waals surface area contributed by atoms with Crippen molar-refractivity contribution in [3.8, 4) is 5.75 Å². The second-order valence-electron chi connectivity index (χ2n) is 4.23. The highest BCUT2D eigenvalue weighted by Crippen LogP contribution is 2.19. The Morgan fingerprint density at radius 3 is 2.55 bits per heavy atom. The van der Waals surface area contributed by atoms with Gasteiger partial charge in [-0.05, 0) is 24.6 Å². The maximum Gasteiger partial charge on any atom is 0.313 e. The number of amides is 1. The molecule has 1 atom stereocenters. The number of thioether (sulfide) groups is 1. The number of carboxylic acid groups (broad SMARTS) is 1. The Bertz CT molecular complexity index is 447. The normalized spacial score (nSPS) is 11.7. The van der Waals surface area contributed by atoms with E-state index in [0.29, 0.717) is 12.3 Å². The fourth-order valence-electron chi connectivity index (χ4n) is 1.60. The molecule has 1 aromatic rings. The predicted octanol–water partition coefficient (Wildman–Crippen LogP) is 1.73. The molecule has 1 unspecified atom stereocenters. The van der Waals surface area contributed by atoms with Crippen molar-refractivity contribution in [1.29, 1.82) is 0 Å². The van der Waals surface area contributed by atoms with Gasteiger partial charge < -0.3 is 15.2 Å². The highest BCUT2D eigenvalue weighted by molar-refractivity contribution is 7.99. The van der Waals surface area contributed by atoms with Crippen LogP contribution in [0.15, 0.2) is 24.3 Å². The first-order chi connectivity index (χ1) is 9.54. The Morgan fingerprint density at radius 1 is 1.35 bits per heavy atom. The van der Waals surface area contributed by atoms with Crippen LogP contribution < -0.4 is 10.1 Å². The largest absolute Gasteiger partial charge is 0.497 e. The molecule has 0 bridgehead atoms. The minimum Gasteiger partial charge on any atom is -0.497 e. The number of hydrogen-bond donors (Lipinski definition) is 2. The van der Waals surface area contributed by atoms with Crippen molar-refractivity contribution in [1.82, 2.24) is 5.32 Å². The molecule has 0 radical (unpaired) electrons. The number of carbonyl (C=O) groups is 2. The fourth-order valence-corrected chi connectivity index (χ4v) is 2.17. The number of carboxylic acids is 1. The molecule has 6 heteroatoms. The van der Waals surface area contributed by atoms with Crippen molar-refractivity contribution in [2.75, 3.05) is 25.2 Å². The average molecular weight is 297 g/mol. The van der Waals surface area contributed by atoms with E-state index in [2.05, 4.69) is 5.32 Å². The molecule has 1 aromatic carbocycles. The summed E-state index contributed by atoms with van der Waals surface area (Å²) in [5.74, 6) is 0.257. The van der Waals surface area contributed by atoms with Gasteiger partial charge in [-0.25, -0.2) is 0 Å². The number of hydrogen-bond acceptors (Lipinski definition) is 4. The molecule has 0 aromatic heterocycles. The number of nitrogens with one attached hydrogen (secondary N) is 1. The van der Waals surface area contributed by atoms with Crippen LogP contribution >= 0.6 is 11.8 Å². The lowest BCUT2D eigenvalue weighted by atomic mass is 10.0. The van der Waals surface area contributed by atoms with E-state index in [1.807, 2.05) is 31.2 Å². The number of carbonyl (C=O) groups excluding carboxylic acids is 1. The summed E-state index contributed by atoms with van der Waals surface area (Å²) in [5, 5.41) is 11.3. The summed E-state index contributed by atoms with van der Waals surface area (Å²) in [6.07, 6.45) is 0. The van der Waals surface area contributed by atoms with Crippen molar-refractivity contribution >= 4 is 23.6 Å². The van der Waals surface area contributed by atoms with Gasteiger partial charge in [-0.2, -0.15) is 0 Å². The lowest BCUT2D eigenvalue weighted by molar-refractivity contribution is -0.133. The third kappa shape index (κ3) is 5.52. The zero-order chi connectivity index (χ0) is 15.0. The minimum atomic E-state index is -0.840. The topological polar surface area (TPSA) is 75.6 Å². The molecule has 110 valence electrons. The molecule has 0 spiro atoms. The Morgan fingerprint density at radius 2 is 2.00 bits per heavy atom. The van der Waals surface area contributed by atoms with Gasteiger partial charge in [-0.1, -0.05) is 12.1 Å². The Kier molecular flexibility index (Phi) is 6.93. The Balaban J connectivity index is 2.36. The third-order valence-corrected chi connectivity index (χ3v) is 3.72. The average Bonchev–Trinajstić information content (AvgIpc) is 2.45. The molecule has 0 saturated carbocycles. The summed E-state index contributed by atoms with van der Waals surface area (Å²) in [6, 6.07) is 7.37. The summed E-state index contributed by atoms with van der Waals surface area (Å²) in [6.45, 7) is 2.30. The van der Waals surface area contributed by atoms with Crippen LogP contribution in [0, 0.1) is 0 Å². The lowest BCUT2D eigenvalue weighted by Gasteiger charge is -2.12. The fraction of sp³-hybridized carbons (Fsp3) is 0.429. The maximum absolute atomic E-state index is 11.9. The monoisotopic (exact) mass is 297 g/mol.